The maximum Gasteiger partial charge on any atom is 0.224 e. The molecule has 7 heteroatoms. The van der Waals surface area contributed by atoms with Gasteiger partial charge in [0.15, 0.2) is 9.84 Å². The number of amides is 1. The molecule has 1 aromatic heterocycles. The number of hydrogen-bond acceptors (Lipinski definition) is 4. The van der Waals surface area contributed by atoms with Gasteiger partial charge in [-0.25, -0.2) is 8.42 Å². The minimum Gasteiger partial charge on any atom is -0.342 e. The van der Waals surface area contributed by atoms with Crippen LogP contribution in [-0.4, -0.2) is 53.6 Å². The van der Waals surface area contributed by atoms with Crippen molar-refractivity contribution in [1.82, 2.24) is 14.7 Å². The van der Waals surface area contributed by atoms with Crippen molar-refractivity contribution in [3.8, 4) is 0 Å². The first-order valence-electron chi connectivity index (χ1n) is 5.91. The normalized spacial score (nSPS) is 21.9. The standard InChI is InChI=1S/C11H17N3O3S/c1-13(10-4-8-18(16,17)9-10)11(15)3-7-14-6-2-5-12-14/h2,5-6,10H,3-4,7-9H2,1H3. The summed E-state index contributed by atoms with van der Waals surface area (Å²) in [5, 5.41) is 4.02. The zero-order chi connectivity index (χ0) is 13.2. The zero-order valence-electron chi connectivity index (χ0n) is 10.3. The lowest BCUT2D eigenvalue weighted by atomic mass is 10.2. The number of nitrogens with zero attached hydrogens (tertiary/aromatic N) is 3. The Morgan fingerprint density at radius 2 is 2.33 bits per heavy atom. The molecule has 1 fully saturated rings. The summed E-state index contributed by atoms with van der Waals surface area (Å²) in [5.41, 5.74) is 0. The van der Waals surface area contributed by atoms with Crippen molar-refractivity contribution in [2.24, 2.45) is 0 Å². The molecular formula is C11H17N3O3S. The van der Waals surface area contributed by atoms with Gasteiger partial charge in [0, 0.05) is 38.4 Å². The lowest BCUT2D eigenvalue weighted by Crippen LogP contribution is -2.38. The van der Waals surface area contributed by atoms with Crippen molar-refractivity contribution in [2.75, 3.05) is 18.6 Å². The lowest BCUT2D eigenvalue weighted by molar-refractivity contribution is -0.131. The van der Waals surface area contributed by atoms with Gasteiger partial charge in [0.05, 0.1) is 11.5 Å². The summed E-state index contributed by atoms with van der Waals surface area (Å²) in [6, 6.07) is 1.64. The molecule has 2 rings (SSSR count). The molecule has 1 saturated heterocycles. The number of aryl methyl sites for hydroxylation is 1. The Kier molecular flexibility index (Phi) is 3.70. The van der Waals surface area contributed by atoms with Gasteiger partial charge in [-0.15, -0.1) is 0 Å². The van der Waals surface area contributed by atoms with E-state index in [1.807, 2.05) is 0 Å². The summed E-state index contributed by atoms with van der Waals surface area (Å²) < 4.78 is 24.4. The van der Waals surface area contributed by atoms with E-state index in [1.165, 1.54) is 0 Å². The molecule has 2 heterocycles. The van der Waals surface area contributed by atoms with Crippen LogP contribution < -0.4 is 0 Å². The van der Waals surface area contributed by atoms with Gasteiger partial charge in [0.2, 0.25) is 5.91 Å². The van der Waals surface area contributed by atoms with Crippen LogP contribution in [0.2, 0.25) is 0 Å². The van der Waals surface area contributed by atoms with E-state index in [0.717, 1.165) is 0 Å². The van der Waals surface area contributed by atoms with E-state index in [2.05, 4.69) is 5.10 Å². The topological polar surface area (TPSA) is 72.3 Å². The van der Waals surface area contributed by atoms with E-state index < -0.39 is 9.84 Å². The van der Waals surface area contributed by atoms with E-state index in [9.17, 15) is 13.2 Å². The van der Waals surface area contributed by atoms with Crippen LogP contribution in [0.1, 0.15) is 12.8 Å². The van der Waals surface area contributed by atoms with Crippen molar-refractivity contribution < 1.29 is 13.2 Å². The highest BCUT2D eigenvalue weighted by Gasteiger charge is 2.32. The van der Waals surface area contributed by atoms with Crippen molar-refractivity contribution in [3.63, 3.8) is 0 Å². The highest BCUT2D eigenvalue weighted by molar-refractivity contribution is 7.91. The monoisotopic (exact) mass is 271 g/mol. The first-order valence-corrected chi connectivity index (χ1v) is 7.73. The predicted molar refractivity (Wildman–Crippen MR) is 66.7 cm³/mol. The quantitative estimate of drug-likeness (QED) is 0.768. The minimum atomic E-state index is -2.94. The third kappa shape index (κ3) is 3.10. The van der Waals surface area contributed by atoms with Gasteiger partial charge in [-0.1, -0.05) is 0 Å². The summed E-state index contributed by atoms with van der Waals surface area (Å²) in [6.45, 7) is 0.523. The molecule has 0 radical (unpaired) electrons. The molecule has 0 aliphatic carbocycles. The first-order chi connectivity index (χ1) is 8.48. The van der Waals surface area contributed by atoms with Gasteiger partial charge in [-0.3, -0.25) is 9.48 Å². The van der Waals surface area contributed by atoms with Gasteiger partial charge in [-0.2, -0.15) is 5.10 Å². The SMILES string of the molecule is CN(C(=O)CCn1cccn1)C1CCS(=O)(=O)C1. The van der Waals surface area contributed by atoms with Crippen molar-refractivity contribution in [2.45, 2.75) is 25.4 Å². The lowest BCUT2D eigenvalue weighted by Gasteiger charge is -2.23. The molecule has 1 atom stereocenters. The Balaban J connectivity index is 1.85. The van der Waals surface area contributed by atoms with Crippen molar-refractivity contribution >= 4 is 15.7 Å². The Morgan fingerprint density at radius 3 is 2.89 bits per heavy atom. The third-order valence-electron chi connectivity index (χ3n) is 3.26. The number of carbonyl (C=O) groups is 1. The van der Waals surface area contributed by atoms with E-state index >= 15 is 0 Å². The Morgan fingerprint density at radius 1 is 1.56 bits per heavy atom. The molecule has 1 aromatic rings. The molecule has 18 heavy (non-hydrogen) atoms. The van der Waals surface area contributed by atoms with Crippen LogP contribution >= 0.6 is 0 Å². The number of rotatable bonds is 4. The van der Waals surface area contributed by atoms with E-state index in [4.69, 9.17) is 0 Å². The summed E-state index contributed by atoms with van der Waals surface area (Å²) in [6.07, 6.45) is 4.35. The predicted octanol–water partition coefficient (Wildman–Crippen LogP) is -0.0813. The average molecular weight is 271 g/mol. The highest BCUT2D eigenvalue weighted by Crippen LogP contribution is 2.17. The average Bonchev–Trinajstić information content (AvgIpc) is 2.94. The van der Waals surface area contributed by atoms with Gasteiger partial charge in [-0.05, 0) is 12.5 Å². The number of sulfone groups is 1. The third-order valence-corrected chi connectivity index (χ3v) is 5.01. The van der Waals surface area contributed by atoms with Crippen molar-refractivity contribution in [1.29, 1.82) is 0 Å². The first kappa shape index (κ1) is 13.1. The fourth-order valence-corrected chi connectivity index (χ4v) is 3.88. The van der Waals surface area contributed by atoms with Gasteiger partial charge in [0.1, 0.15) is 0 Å². The van der Waals surface area contributed by atoms with Crippen LogP contribution in [0, 0.1) is 0 Å². The molecule has 0 spiro atoms. The molecule has 0 aromatic carbocycles. The summed E-state index contributed by atoms with van der Waals surface area (Å²) in [5.74, 6) is 0.249. The second-order valence-corrected chi connectivity index (χ2v) is 6.81. The van der Waals surface area contributed by atoms with Crippen LogP contribution in [0.3, 0.4) is 0 Å². The van der Waals surface area contributed by atoms with Gasteiger partial charge >= 0.3 is 0 Å². The fraction of sp³-hybridized carbons (Fsp3) is 0.636. The minimum absolute atomic E-state index is 0.0346. The second-order valence-electron chi connectivity index (χ2n) is 4.58. The zero-order valence-corrected chi connectivity index (χ0v) is 11.1. The van der Waals surface area contributed by atoms with E-state index in [1.54, 1.807) is 35.1 Å². The number of aromatic nitrogens is 2. The molecular weight excluding hydrogens is 254 g/mol. The molecule has 1 amide bonds. The Labute approximate surface area is 106 Å². The summed E-state index contributed by atoms with van der Waals surface area (Å²) >= 11 is 0. The van der Waals surface area contributed by atoms with Crippen LogP contribution in [0.15, 0.2) is 18.5 Å². The van der Waals surface area contributed by atoms with Gasteiger partial charge < -0.3 is 4.90 Å². The molecule has 0 saturated carbocycles. The van der Waals surface area contributed by atoms with Crippen LogP contribution in [0.25, 0.3) is 0 Å². The summed E-state index contributed by atoms with van der Waals surface area (Å²) in [7, 11) is -1.27. The molecule has 0 bridgehead atoms. The maximum atomic E-state index is 11.9. The van der Waals surface area contributed by atoms with Crippen molar-refractivity contribution in [3.05, 3.63) is 18.5 Å². The van der Waals surface area contributed by atoms with Crippen LogP contribution in [-0.2, 0) is 21.2 Å². The molecule has 6 nitrogen and oxygen atoms in total. The Hall–Kier alpha value is -1.37. The van der Waals surface area contributed by atoms with E-state index in [-0.39, 0.29) is 23.5 Å². The highest BCUT2D eigenvalue weighted by atomic mass is 32.2. The molecule has 0 N–H and O–H groups in total. The van der Waals surface area contributed by atoms with Crippen LogP contribution in [0.5, 0.6) is 0 Å². The maximum absolute atomic E-state index is 11.9. The molecule has 1 unspecified atom stereocenters. The molecule has 1 aliphatic heterocycles. The Bertz CT molecular complexity index is 510. The fourth-order valence-electron chi connectivity index (χ4n) is 2.10. The van der Waals surface area contributed by atoms with Crippen LogP contribution in [0.4, 0.5) is 0 Å². The number of carbonyl (C=O) groups excluding carboxylic acids is 1. The second kappa shape index (κ2) is 5.09. The van der Waals surface area contributed by atoms with E-state index in [0.29, 0.717) is 19.4 Å². The largest absolute Gasteiger partial charge is 0.342 e. The summed E-state index contributed by atoms with van der Waals surface area (Å²) in [4.78, 5) is 13.5. The van der Waals surface area contributed by atoms with Gasteiger partial charge in [0.25, 0.3) is 0 Å². The molecule has 100 valence electrons. The number of hydrogen-bond donors (Lipinski definition) is 0. The smallest absolute Gasteiger partial charge is 0.224 e. The molecule has 1 aliphatic rings.